The average molecular weight is 286 g/mol. The predicted molar refractivity (Wildman–Crippen MR) is 67.9 cm³/mol. The zero-order valence-electron chi connectivity index (χ0n) is 8.42. The molecule has 0 saturated heterocycles. The number of nitrogens with one attached hydrogen (secondary N) is 1. The molecule has 1 amide bonds. The number of benzene rings is 1. The van der Waals surface area contributed by atoms with Gasteiger partial charge in [-0.2, -0.15) is 0 Å². The van der Waals surface area contributed by atoms with Gasteiger partial charge in [0.1, 0.15) is 0 Å². The summed E-state index contributed by atoms with van der Waals surface area (Å²) in [6.07, 6.45) is 0.989. The molecule has 2 nitrogen and oxygen atoms in total. The molecule has 1 heterocycles. The molecule has 0 aromatic heterocycles. The predicted octanol–water partition coefficient (Wildman–Crippen LogP) is 3.06. The molecular weight excluding hydrogens is 274 g/mol. The summed E-state index contributed by atoms with van der Waals surface area (Å²) in [6, 6.07) is 6.28. The average Bonchev–Trinajstić information content (AvgIpc) is 2.21. The molecule has 0 aliphatic carbocycles. The Morgan fingerprint density at radius 3 is 3.07 bits per heavy atom. The van der Waals surface area contributed by atoms with E-state index in [1.165, 1.54) is 10.5 Å². The second-order valence-corrected chi connectivity index (χ2v) is 5.69. The molecule has 1 N–H and O–H groups in total. The largest absolute Gasteiger partial charge is 0.324 e. The van der Waals surface area contributed by atoms with Gasteiger partial charge in [-0.1, -0.05) is 22.0 Å². The van der Waals surface area contributed by atoms with E-state index >= 15 is 0 Å². The Bertz CT molecular complexity index is 394. The van der Waals surface area contributed by atoms with Crippen molar-refractivity contribution in [1.82, 2.24) is 0 Å². The number of halogens is 1. The zero-order chi connectivity index (χ0) is 10.8. The van der Waals surface area contributed by atoms with Crippen LogP contribution in [0.4, 0.5) is 5.69 Å². The standard InChI is InChI=1S/C11H12BrNOS/c1-7-11(14)13-9-6-8(4-5-12)2-3-10(9)15-7/h2-3,6-7H,4-5H2,1H3,(H,13,14). The van der Waals surface area contributed by atoms with E-state index in [0.717, 1.165) is 17.4 Å². The van der Waals surface area contributed by atoms with Crippen LogP contribution in [0.5, 0.6) is 0 Å². The van der Waals surface area contributed by atoms with E-state index in [1.807, 2.05) is 6.92 Å². The number of hydrogen-bond donors (Lipinski definition) is 1. The van der Waals surface area contributed by atoms with Crippen LogP contribution in [0.2, 0.25) is 0 Å². The first-order valence-electron chi connectivity index (χ1n) is 4.87. The topological polar surface area (TPSA) is 29.1 Å². The summed E-state index contributed by atoms with van der Waals surface area (Å²) in [7, 11) is 0. The lowest BCUT2D eigenvalue weighted by molar-refractivity contribution is -0.115. The van der Waals surface area contributed by atoms with Crippen molar-refractivity contribution in [1.29, 1.82) is 0 Å². The molecule has 1 aliphatic heterocycles. The van der Waals surface area contributed by atoms with Gasteiger partial charge in [0.2, 0.25) is 5.91 Å². The lowest BCUT2D eigenvalue weighted by Gasteiger charge is -2.21. The van der Waals surface area contributed by atoms with Crippen LogP contribution < -0.4 is 5.32 Å². The molecule has 1 unspecified atom stereocenters. The highest BCUT2D eigenvalue weighted by molar-refractivity contribution is 9.09. The molecule has 0 saturated carbocycles. The fraction of sp³-hybridized carbons (Fsp3) is 0.364. The summed E-state index contributed by atoms with van der Waals surface area (Å²) in [5, 5.41) is 3.89. The molecule has 15 heavy (non-hydrogen) atoms. The van der Waals surface area contributed by atoms with Crippen LogP contribution in [0.3, 0.4) is 0 Å². The minimum Gasteiger partial charge on any atom is -0.324 e. The quantitative estimate of drug-likeness (QED) is 0.847. The van der Waals surface area contributed by atoms with Gasteiger partial charge in [0.25, 0.3) is 0 Å². The maximum atomic E-state index is 11.5. The lowest BCUT2D eigenvalue weighted by atomic mass is 10.1. The molecule has 0 radical (unpaired) electrons. The monoisotopic (exact) mass is 285 g/mol. The first-order chi connectivity index (χ1) is 7.20. The van der Waals surface area contributed by atoms with E-state index in [-0.39, 0.29) is 11.2 Å². The second-order valence-electron chi connectivity index (χ2n) is 3.52. The van der Waals surface area contributed by atoms with E-state index in [4.69, 9.17) is 0 Å². The fourth-order valence-electron chi connectivity index (χ4n) is 1.52. The Hall–Kier alpha value is -0.480. The maximum absolute atomic E-state index is 11.5. The molecule has 80 valence electrons. The van der Waals surface area contributed by atoms with Gasteiger partial charge in [-0.15, -0.1) is 11.8 Å². The third kappa shape index (κ3) is 2.37. The molecule has 1 atom stereocenters. The number of aryl methyl sites for hydroxylation is 1. The van der Waals surface area contributed by atoms with Gasteiger partial charge in [0, 0.05) is 10.2 Å². The summed E-state index contributed by atoms with van der Waals surface area (Å²) in [4.78, 5) is 12.7. The van der Waals surface area contributed by atoms with Gasteiger partial charge in [0.15, 0.2) is 0 Å². The minimum atomic E-state index is 0.0134. The normalized spacial score (nSPS) is 19.6. The fourth-order valence-corrected chi connectivity index (χ4v) is 2.91. The summed E-state index contributed by atoms with van der Waals surface area (Å²) >= 11 is 5.03. The highest BCUT2D eigenvalue weighted by Gasteiger charge is 2.22. The summed E-state index contributed by atoms with van der Waals surface area (Å²) in [6.45, 7) is 1.93. The van der Waals surface area contributed by atoms with Crippen LogP contribution in [-0.2, 0) is 11.2 Å². The van der Waals surface area contributed by atoms with Crippen molar-refractivity contribution in [3.8, 4) is 0 Å². The number of amides is 1. The molecule has 0 bridgehead atoms. The van der Waals surface area contributed by atoms with E-state index in [2.05, 4.69) is 39.4 Å². The summed E-state index contributed by atoms with van der Waals surface area (Å²) in [5.74, 6) is 0.100. The Balaban J connectivity index is 2.29. The van der Waals surface area contributed by atoms with Gasteiger partial charge in [0.05, 0.1) is 10.9 Å². The van der Waals surface area contributed by atoms with Gasteiger partial charge >= 0.3 is 0 Å². The van der Waals surface area contributed by atoms with Crippen LogP contribution in [0.1, 0.15) is 12.5 Å². The van der Waals surface area contributed by atoms with Gasteiger partial charge in [-0.25, -0.2) is 0 Å². The Kier molecular flexibility index (Phi) is 3.36. The van der Waals surface area contributed by atoms with E-state index in [1.54, 1.807) is 11.8 Å². The Morgan fingerprint density at radius 1 is 1.53 bits per heavy atom. The molecule has 1 aromatic carbocycles. The molecule has 1 aliphatic rings. The van der Waals surface area contributed by atoms with E-state index < -0.39 is 0 Å². The van der Waals surface area contributed by atoms with Crippen LogP contribution >= 0.6 is 27.7 Å². The SMILES string of the molecule is CC1Sc2ccc(CCBr)cc2NC1=O. The van der Waals surface area contributed by atoms with Crippen LogP contribution in [0.25, 0.3) is 0 Å². The van der Waals surface area contributed by atoms with Crippen molar-refractivity contribution in [3.05, 3.63) is 23.8 Å². The van der Waals surface area contributed by atoms with Crippen molar-refractivity contribution < 1.29 is 4.79 Å². The van der Waals surface area contributed by atoms with Crippen molar-refractivity contribution in [2.75, 3.05) is 10.6 Å². The summed E-state index contributed by atoms with van der Waals surface area (Å²) < 4.78 is 0. The third-order valence-electron chi connectivity index (χ3n) is 2.36. The second kappa shape index (κ2) is 4.58. The Morgan fingerprint density at radius 2 is 2.33 bits per heavy atom. The number of hydrogen-bond acceptors (Lipinski definition) is 2. The zero-order valence-corrected chi connectivity index (χ0v) is 10.8. The van der Waals surface area contributed by atoms with Crippen LogP contribution in [0, 0.1) is 0 Å². The lowest BCUT2D eigenvalue weighted by Crippen LogP contribution is -2.26. The minimum absolute atomic E-state index is 0.0134. The number of carbonyl (C=O) groups is 1. The summed E-state index contributed by atoms with van der Waals surface area (Å²) in [5.41, 5.74) is 2.21. The number of rotatable bonds is 2. The molecule has 0 spiro atoms. The van der Waals surface area contributed by atoms with E-state index in [0.29, 0.717) is 0 Å². The van der Waals surface area contributed by atoms with Gasteiger partial charge in [-0.05, 0) is 31.0 Å². The molecule has 4 heteroatoms. The maximum Gasteiger partial charge on any atom is 0.237 e. The molecule has 0 fully saturated rings. The van der Waals surface area contributed by atoms with E-state index in [9.17, 15) is 4.79 Å². The molecule has 2 rings (SSSR count). The van der Waals surface area contributed by atoms with Crippen molar-refractivity contribution in [2.24, 2.45) is 0 Å². The first-order valence-corrected chi connectivity index (χ1v) is 6.87. The van der Waals surface area contributed by atoms with Crippen molar-refractivity contribution in [2.45, 2.75) is 23.5 Å². The number of anilines is 1. The first kappa shape index (κ1) is 11.0. The van der Waals surface area contributed by atoms with Crippen LogP contribution in [-0.4, -0.2) is 16.5 Å². The number of thioether (sulfide) groups is 1. The third-order valence-corrected chi connectivity index (χ3v) is 3.93. The Labute approximate surface area is 102 Å². The highest BCUT2D eigenvalue weighted by atomic mass is 79.9. The molecule has 1 aromatic rings. The van der Waals surface area contributed by atoms with Crippen molar-refractivity contribution >= 4 is 39.3 Å². The molecular formula is C11H12BrNOS. The smallest absolute Gasteiger partial charge is 0.237 e. The van der Waals surface area contributed by atoms with Gasteiger partial charge in [-0.3, -0.25) is 4.79 Å². The highest BCUT2D eigenvalue weighted by Crippen LogP contribution is 2.35. The van der Waals surface area contributed by atoms with Gasteiger partial charge < -0.3 is 5.32 Å². The van der Waals surface area contributed by atoms with Crippen molar-refractivity contribution in [3.63, 3.8) is 0 Å². The number of alkyl halides is 1. The van der Waals surface area contributed by atoms with Crippen LogP contribution in [0.15, 0.2) is 23.1 Å². The number of carbonyl (C=O) groups excluding carboxylic acids is 1. The number of fused-ring (bicyclic) bond motifs is 1.